The van der Waals surface area contributed by atoms with E-state index in [9.17, 15) is 4.79 Å². The third-order valence-electron chi connectivity index (χ3n) is 4.66. The van der Waals surface area contributed by atoms with Crippen LogP contribution in [0, 0.1) is 0 Å². The molecule has 8 nitrogen and oxygen atoms in total. The Balaban J connectivity index is 1.50. The standard InChI is InChI=1S/C16H21N5O3/c1-10(15-20-19-12-6-2-3-7-21(12)15)18-16(22)13-14(24-9-17-13)11-5-4-8-23-11/h9-11H,2-8H2,1H3,(H,18,22)/t10-,11-/m0/s1. The Hall–Kier alpha value is -2.22. The van der Waals surface area contributed by atoms with Crippen molar-refractivity contribution in [2.24, 2.45) is 0 Å². The Morgan fingerprint density at radius 3 is 3.12 bits per heavy atom. The number of nitrogens with one attached hydrogen (secondary N) is 1. The normalized spacial score (nSPS) is 21.5. The van der Waals surface area contributed by atoms with Gasteiger partial charge in [-0.15, -0.1) is 10.2 Å². The number of hydrogen-bond acceptors (Lipinski definition) is 6. The van der Waals surface area contributed by atoms with E-state index in [1.54, 1.807) is 0 Å². The smallest absolute Gasteiger partial charge is 0.274 e. The summed E-state index contributed by atoms with van der Waals surface area (Å²) in [4.78, 5) is 16.7. The second kappa shape index (κ2) is 6.35. The summed E-state index contributed by atoms with van der Waals surface area (Å²) in [6.45, 7) is 3.51. The van der Waals surface area contributed by atoms with Crippen LogP contribution in [-0.2, 0) is 17.7 Å². The Bertz CT molecular complexity index is 732. The van der Waals surface area contributed by atoms with Crippen molar-refractivity contribution in [3.8, 4) is 0 Å². The van der Waals surface area contributed by atoms with Crippen molar-refractivity contribution in [2.45, 2.75) is 57.7 Å². The number of aryl methyl sites for hydroxylation is 1. The van der Waals surface area contributed by atoms with Gasteiger partial charge < -0.3 is 19.0 Å². The average Bonchev–Trinajstić information content (AvgIpc) is 3.33. The van der Waals surface area contributed by atoms with E-state index in [2.05, 4.69) is 25.1 Å². The largest absolute Gasteiger partial charge is 0.445 e. The van der Waals surface area contributed by atoms with Gasteiger partial charge in [0.25, 0.3) is 5.91 Å². The van der Waals surface area contributed by atoms with Crippen LogP contribution in [0.25, 0.3) is 0 Å². The summed E-state index contributed by atoms with van der Waals surface area (Å²) >= 11 is 0. The Kier molecular flexibility index (Phi) is 4.05. The minimum absolute atomic E-state index is 0.176. The molecular formula is C16H21N5O3. The maximum atomic E-state index is 12.6. The van der Waals surface area contributed by atoms with Crippen LogP contribution < -0.4 is 5.32 Å². The van der Waals surface area contributed by atoms with Gasteiger partial charge in [0.2, 0.25) is 0 Å². The van der Waals surface area contributed by atoms with Crippen LogP contribution in [0.15, 0.2) is 10.8 Å². The van der Waals surface area contributed by atoms with Gasteiger partial charge in [-0.2, -0.15) is 0 Å². The second-order valence-corrected chi connectivity index (χ2v) is 6.35. The van der Waals surface area contributed by atoms with E-state index in [1.165, 1.54) is 6.39 Å². The molecule has 1 amide bonds. The van der Waals surface area contributed by atoms with Crippen LogP contribution in [0.2, 0.25) is 0 Å². The molecule has 2 atom stereocenters. The van der Waals surface area contributed by atoms with Crippen molar-refractivity contribution in [3.63, 3.8) is 0 Å². The average molecular weight is 331 g/mol. The highest BCUT2D eigenvalue weighted by Gasteiger charge is 2.29. The summed E-state index contributed by atoms with van der Waals surface area (Å²) in [5.41, 5.74) is 0.298. The fraction of sp³-hybridized carbons (Fsp3) is 0.625. The van der Waals surface area contributed by atoms with E-state index in [4.69, 9.17) is 9.15 Å². The molecule has 0 radical (unpaired) electrons. The predicted molar refractivity (Wildman–Crippen MR) is 83.3 cm³/mol. The molecule has 0 unspecified atom stereocenters. The molecular weight excluding hydrogens is 310 g/mol. The number of rotatable bonds is 4. The lowest BCUT2D eigenvalue weighted by Gasteiger charge is -2.18. The molecule has 128 valence electrons. The first-order valence-electron chi connectivity index (χ1n) is 8.52. The highest BCUT2D eigenvalue weighted by molar-refractivity contribution is 5.93. The number of carbonyl (C=O) groups excluding carboxylic acids is 1. The van der Waals surface area contributed by atoms with Crippen LogP contribution in [0.3, 0.4) is 0 Å². The zero-order valence-corrected chi connectivity index (χ0v) is 13.7. The molecule has 2 aromatic heterocycles. The van der Waals surface area contributed by atoms with Gasteiger partial charge in [0, 0.05) is 19.6 Å². The van der Waals surface area contributed by atoms with Gasteiger partial charge in [0.1, 0.15) is 11.9 Å². The minimum atomic E-state index is -0.269. The number of ether oxygens (including phenoxy) is 1. The molecule has 2 aromatic rings. The van der Waals surface area contributed by atoms with E-state index in [0.29, 0.717) is 18.1 Å². The first-order chi connectivity index (χ1) is 11.7. The van der Waals surface area contributed by atoms with Gasteiger partial charge in [-0.05, 0) is 32.6 Å². The molecule has 1 fully saturated rings. The SMILES string of the molecule is C[C@H](NC(=O)c1ncoc1[C@@H]1CCCO1)c1nnc2n1CCCC2. The van der Waals surface area contributed by atoms with Crippen LogP contribution in [0.1, 0.15) is 72.7 Å². The summed E-state index contributed by atoms with van der Waals surface area (Å²) in [5, 5.41) is 11.5. The molecule has 2 aliphatic heterocycles. The number of amides is 1. The van der Waals surface area contributed by atoms with Gasteiger partial charge in [-0.1, -0.05) is 0 Å². The summed E-state index contributed by atoms with van der Waals surface area (Å²) in [6.07, 6.45) is 6.14. The van der Waals surface area contributed by atoms with Gasteiger partial charge in [-0.25, -0.2) is 4.98 Å². The summed E-state index contributed by atoms with van der Waals surface area (Å²) in [5.74, 6) is 2.04. The van der Waals surface area contributed by atoms with Crippen LogP contribution >= 0.6 is 0 Å². The van der Waals surface area contributed by atoms with Gasteiger partial charge in [0.05, 0.1) is 6.04 Å². The first kappa shape index (κ1) is 15.3. The number of fused-ring (bicyclic) bond motifs is 1. The molecule has 0 aliphatic carbocycles. The maximum Gasteiger partial charge on any atom is 0.274 e. The van der Waals surface area contributed by atoms with E-state index in [0.717, 1.165) is 50.3 Å². The molecule has 0 saturated carbocycles. The number of oxazole rings is 1. The molecule has 0 bridgehead atoms. The lowest BCUT2D eigenvalue weighted by atomic mass is 10.1. The highest BCUT2D eigenvalue weighted by atomic mass is 16.5. The molecule has 8 heteroatoms. The first-order valence-corrected chi connectivity index (χ1v) is 8.52. The Labute approximate surface area is 139 Å². The Morgan fingerprint density at radius 1 is 1.38 bits per heavy atom. The van der Waals surface area contributed by atoms with E-state index in [1.807, 2.05) is 6.92 Å². The number of carbonyl (C=O) groups is 1. The molecule has 0 aromatic carbocycles. The Morgan fingerprint density at radius 2 is 2.29 bits per heavy atom. The molecule has 1 N–H and O–H groups in total. The molecule has 24 heavy (non-hydrogen) atoms. The topological polar surface area (TPSA) is 95.1 Å². The third-order valence-corrected chi connectivity index (χ3v) is 4.66. The summed E-state index contributed by atoms with van der Waals surface area (Å²) in [7, 11) is 0. The van der Waals surface area contributed by atoms with E-state index < -0.39 is 0 Å². The maximum absolute atomic E-state index is 12.6. The lowest BCUT2D eigenvalue weighted by molar-refractivity contribution is 0.0853. The monoisotopic (exact) mass is 331 g/mol. The van der Waals surface area contributed by atoms with Crippen LogP contribution in [0.5, 0.6) is 0 Å². The van der Waals surface area contributed by atoms with Gasteiger partial charge >= 0.3 is 0 Å². The highest BCUT2D eigenvalue weighted by Crippen LogP contribution is 2.30. The molecule has 4 heterocycles. The third kappa shape index (κ3) is 2.71. The van der Waals surface area contributed by atoms with Gasteiger partial charge in [0.15, 0.2) is 23.7 Å². The van der Waals surface area contributed by atoms with E-state index >= 15 is 0 Å². The van der Waals surface area contributed by atoms with Crippen molar-refractivity contribution >= 4 is 5.91 Å². The zero-order valence-electron chi connectivity index (χ0n) is 13.7. The fourth-order valence-electron chi connectivity index (χ4n) is 3.42. The number of hydrogen-bond donors (Lipinski definition) is 1. The van der Waals surface area contributed by atoms with Crippen molar-refractivity contribution in [3.05, 3.63) is 29.5 Å². The quantitative estimate of drug-likeness (QED) is 0.920. The number of aromatic nitrogens is 4. The molecule has 4 rings (SSSR count). The predicted octanol–water partition coefficient (Wildman–Crippen LogP) is 1.94. The van der Waals surface area contributed by atoms with Gasteiger partial charge in [-0.3, -0.25) is 4.79 Å². The summed E-state index contributed by atoms with van der Waals surface area (Å²) < 4.78 is 13.1. The minimum Gasteiger partial charge on any atom is -0.445 e. The second-order valence-electron chi connectivity index (χ2n) is 6.35. The summed E-state index contributed by atoms with van der Waals surface area (Å²) in [6, 6.07) is -0.245. The van der Waals surface area contributed by atoms with Crippen molar-refractivity contribution in [2.75, 3.05) is 6.61 Å². The van der Waals surface area contributed by atoms with Crippen molar-refractivity contribution < 1.29 is 13.9 Å². The van der Waals surface area contributed by atoms with E-state index in [-0.39, 0.29) is 18.1 Å². The zero-order chi connectivity index (χ0) is 16.5. The fourth-order valence-corrected chi connectivity index (χ4v) is 3.42. The van der Waals surface area contributed by atoms with Crippen molar-refractivity contribution in [1.29, 1.82) is 0 Å². The lowest BCUT2D eigenvalue weighted by Crippen LogP contribution is -2.30. The van der Waals surface area contributed by atoms with Crippen LogP contribution in [0.4, 0.5) is 0 Å². The molecule has 0 spiro atoms. The number of nitrogens with zero attached hydrogens (tertiary/aromatic N) is 4. The molecule has 1 saturated heterocycles. The van der Waals surface area contributed by atoms with Crippen molar-refractivity contribution in [1.82, 2.24) is 25.1 Å². The molecule has 2 aliphatic rings. The van der Waals surface area contributed by atoms with Crippen LogP contribution in [-0.4, -0.2) is 32.3 Å².